The summed E-state index contributed by atoms with van der Waals surface area (Å²) in [5.74, 6) is 1.22. The number of amides is 1. The largest absolute Gasteiger partial charge is 0.300 e. The molecule has 1 amide bonds. The third-order valence-electron chi connectivity index (χ3n) is 6.21. The van der Waals surface area contributed by atoms with Crippen molar-refractivity contribution in [2.75, 3.05) is 25.0 Å². The lowest BCUT2D eigenvalue weighted by Gasteiger charge is -2.32. The number of carbonyl (C=O) groups is 1. The van der Waals surface area contributed by atoms with Gasteiger partial charge in [0.15, 0.2) is 0 Å². The Morgan fingerprint density at radius 2 is 1.94 bits per heavy atom. The second-order valence-electron chi connectivity index (χ2n) is 8.47. The van der Waals surface area contributed by atoms with Crippen LogP contribution in [-0.4, -0.2) is 58.5 Å². The maximum atomic E-state index is 13.4. The van der Waals surface area contributed by atoms with E-state index in [0.29, 0.717) is 49.8 Å². The molecule has 31 heavy (non-hydrogen) atoms. The van der Waals surface area contributed by atoms with E-state index in [0.717, 1.165) is 30.5 Å². The second-order valence-corrected chi connectivity index (χ2v) is 10.4. The van der Waals surface area contributed by atoms with Crippen molar-refractivity contribution in [2.45, 2.75) is 70.2 Å². The number of aryl methyl sites for hydroxylation is 3. The van der Waals surface area contributed by atoms with Crippen molar-refractivity contribution >= 4 is 21.7 Å². The number of sulfonamides is 1. The highest BCUT2D eigenvalue weighted by Gasteiger charge is 2.35. The molecule has 2 aliphatic rings. The van der Waals surface area contributed by atoms with E-state index in [9.17, 15) is 13.2 Å². The fourth-order valence-electron chi connectivity index (χ4n) is 4.48. The Hall–Kier alpha value is -2.33. The molecule has 168 valence electrons. The molecule has 1 fully saturated rings. The minimum absolute atomic E-state index is 0.0453. The van der Waals surface area contributed by atoms with Gasteiger partial charge < -0.3 is 0 Å². The van der Waals surface area contributed by atoms with Gasteiger partial charge >= 0.3 is 0 Å². The van der Waals surface area contributed by atoms with Gasteiger partial charge in [0.2, 0.25) is 15.9 Å². The molecule has 4 rings (SSSR count). The van der Waals surface area contributed by atoms with Crippen LogP contribution in [0.3, 0.4) is 0 Å². The van der Waals surface area contributed by atoms with Gasteiger partial charge in [0.05, 0.1) is 5.69 Å². The van der Waals surface area contributed by atoms with Crippen LogP contribution in [0.5, 0.6) is 0 Å². The lowest BCUT2D eigenvalue weighted by Crippen LogP contribution is -2.40. The molecule has 2 aromatic rings. The standard InChI is InChI=1S/C21H30N6O3S/c1-5-10-26-13-18(15(3)24-26)31(29,30)27-11-6-7-16(12-27)20-22-14(2)17-8-9-19(28)25(4)21(17)23-20/h13,16H,5-12H2,1-4H3. The first-order chi connectivity index (χ1) is 14.7. The van der Waals surface area contributed by atoms with Gasteiger partial charge in [0.1, 0.15) is 16.5 Å². The first-order valence-electron chi connectivity index (χ1n) is 10.9. The number of carbonyl (C=O) groups excluding carboxylic acids is 1. The molecule has 1 unspecified atom stereocenters. The predicted octanol–water partition coefficient (Wildman–Crippen LogP) is 2.18. The van der Waals surface area contributed by atoms with Crippen LogP contribution in [-0.2, 0) is 27.8 Å². The summed E-state index contributed by atoms with van der Waals surface area (Å²) in [4.78, 5) is 23.5. The van der Waals surface area contributed by atoms with E-state index in [1.54, 1.807) is 29.7 Å². The summed E-state index contributed by atoms with van der Waals surface area (Å²) in [6, 6.07) is 0. The van der Waals surface area contributed by atoms with Gasteiger partial charge in [-0.2, -0.15) is 9.40 Å². The van der Waals surface area contributed by atoms with E-state index in [1.165, 1.54) is 4.31 Å². The van der Waals surface area contributed by atoms with Gasteiger partial charge in [-0.05, 0) is 39.5 Å². The molecule has 0 N–H and O–H groups in total. The van der Waals surface area contributed by atoms with Gasteiger partial charge in [0, 0.05) is 56.5 Å². The summed E-state index contributed by atoms with van der Waals surface area (Å²) >= 11 is 0. The third-order valence-corrected chi connectivity index (χ3v) is 8.18. The Bertz CT molecular complexity index is 1110. The first-order valence-corrected chi connectivity index (χ1v) is 12.3. The average Bonchev–Trinajstić information content (AvgIpc) is 3.12. The molecule has 1 saturated heterocycles. The van der Waals surface area contributed by atoms with Crippen LogP contribution in [0.2, 0.25) is 0 Å². The smallest absolute Gasteiger partial charge is 0.246 e. The van der Waals surface area contributed by atoms with Crippen LogP contribution >= 0.6 is 0 Å². The van der Waals surface area contributed by atoms with Crippen molar-refractivity contribution in [3.05, 3.63) is 29.0 Å². The van der Waals surface area contributed by atoms with Crippen LogP contribution in [0.25, 0.3) is 0 Å². The maximum absolute atomic E-state index is 13.4. The van der Waals surface area contributed by atoms with Crippen LogP contribution < -0.4 is 4.90 Å². The normalized spacial score (nSPS) is 20.2. The minimum atomic E-state index is -3.65. The molecule has 0 aromatic carbocycles. The molecule has 0 saturated carbocycles. The lowest BCUT2D eigenvalue weighted by atomic mass is 9.97. The van der Waals surface area contributed by atoms with Gasteiger partial charge in [0.25, 0.3) is 0 Å². The number of hydrogen-bond acceptors (Lipinski definition) is 6. The van der Waals surface area contributed by atoms with Gasteiger partial charge in [-0.3, -0.25) is 14.4 Å². The van der Waals surface area contributed by atoms with E-state index in [1.807, 2.05) is 13.8 Å². The van der Waals surface area contributed by atoms with Crippen LogP contribution in [0.15, 0.2) is 11.1 Å². The molecule has 10 heteroatoms. The van der Waals surface area contributed by atoms with Crippen LogP contribution in [0.4, 0.5) is 5.82 Å². The van der Waals surface area contributed by atoms with Crippen molar-refractivity contribution in [3.63, 3.8) is 0 Å². The summed E-state index contributed by atoms with van der Waals surface area (Å²) in [6.45, 7) is 7.20. The Kier molecular flexibility index (Phi) is 5.87. The van der Waals surface area contributed by atoms with Gasteiger partial charge in [-0.15, -0.1) is 0 Å². The Morgan fingerprint density at radius 1 is 1.16 bits per heavy atom. The number of aromatic nitrogens is 4. The van der Waals surface area contributed by atoms with Gasteiger partial charge in [-0.1, -0.05) is 6.92 Å². The zero-order valence-corrected chi connectivity index (χ0v) is 19.4. The first kappa shape index (κ1) is 21.9. The molecule has 2 aliphatic heterocycles. The molecule has 9 nitrogen and oxygen atoms in total. The number of nitrogens with zero attached hydrogens (tertiary/aromatic N) is 6. The zero-order chi connectivity index (χ0) is 22.3. The number of anilines is 1. The molecule has 0 radical (unpaired) electrons. The van der Waals surface area contributed by atoms with Crippen molar-refractivity contribution in [1.82, 2.24) is 24.1 Å². The van der Waals surface area contributed by atoms with Crippen LogP contribution in [0, 0.1) is 13.8 Å². The van der Waals surface area contributed by atoms with Crippen molar-refractivity contribution in [3.8, 4) is 0 Å². The molecular weight excluding hydrogens is 416 g/mol. The fraction of sp³-hybridized carbons (Fsp3) is 0.619. The molecule has 0 aliphatic carbocycles. The van der Waals surface area contributed by atoms with E-state index in [4.69, 9.17) is 9.97 Å². The lowest BCUT2D eigenvalue weighted by molar-refractivity contribution is -0.118. The monoisotopic (exact) mass is 446 g/mol. The fourth-order valence-corrected chi connectivity index (χ4v) is 6.17. The molecule has 2 aromatic heterocycles. The topological polar surface area (TPSA) is 101 Å². The average molecular weight is 447 g/mol. The highest BCUT2D eigenvalue weighted by molar-refractivity contribution is 7.89. The SMILES string of the molecule is CCCn1cc(S(=O)(=O)N2CCCC(c3nc(C)c4c(n3)N(C)C(=O)CC4)C2)c(C)n1. The highest BCUT2D eigenvalue weighted by atomic mass is 32.2. The summed E-state index contributed by atoms with van der Waals surface area (Å²) in [5.41, 5.74) is 2.40. The van der Waals surface area contributed by atoms with E-state index in [2.05, 4.69) is 5.10 Å². The van der Waals surface area contributed by atoms with E-state index >= 15 is 0 Å². The Labute approximate surface area is 183 Å². The maximum Gasteiger partial charge on any atom is 0.246 e. The molecular formula is C21H30N6O3S. The van der Waals surface area contributed by atoms with Gasteiger partial charge in [-0.25, -0.2) is 18.4 Å². The Balaban J connectivity index is 1.62. The molecule has 0 bridgehead atoms. The Morgan fingerprint density at radius 3 is 2.68 bits per heavy atom. The molecule has 1 atom stereocenters. The summed E-state index contributed by atoms with van der Waals surface area (Å²) in [6.07, 6.45) is 5.19. The summed E-state index contributed by atoms with van der Waals surface area (Å²) in [5, 5.41) is 4.36. The third kappa shape index (κ3) is 3.98. The van der Waals surface area contributed by atoms with E-state index in [-0.39, 0.29) is 16.7 Å². The van der Waals surface area contributed by atoms with E-state index < -0.39 is 10.0 Å². The van der Waals surface area contributed by atoms with Crippen molar-refractivity contribution in [1.29, 1.82) is 0 Å². The zero-order valence-electron chi connectivity index (χ0n) is 18.6. The van der Waals surface area contributed by atoms with Crippen molar-refractivity contribution < 1.29 is 13.2 Å². The number of hydrogen-bond donors (Lipinski definition) is 0. The quantitative estimate of drug-likeness (QED) is 0.698. The predicted molar refractivity (Wildman–Crippen MR) is 116 cm³/mol. The molecule has 0 spiro atoms. The highest BCUT2D eigenvalue weighted by Crippen LogP contribution is 2.33. The van der Waals surface area contributed by atoms with Crippen LogP contribution in [0.1, 0.15) is 61.3 Å². The number of piperidine rings is 1. The molecule has 4 heterocycles. The summed E-state index contributed by atoms with van der Waals surface area (Å²) in [7, 11) is -1.91. The second kappa shape index (κ2) is 8.31. The number of fused-ring (bicyclic) bond motifs is 1. The van der Waals surface area contributed by atoms with Crippen molar-refractivity contribution in [2.24, 2.45) is 0 Å². The minimum Gasteiger partial charge on any atom is -0.300 e. The summed E-state index contributed by atoms with van der Waals surface area (Å²) < 4.78 is 30.0. The number of rotatable bonds is 5.